The van der Waals surface area contributed by atoms with Crippen molar-refractivity contribution < 1.29 is 4.55 Å². The van der Waals surface area contributed by atoms with Crippen molar-refractivity contribution in [2.24, 2.45) is 4.58 Å². The Morgan fingerprint density at radius 2 is 1.90 bits per heavy atom. The Labute approximate surface area is 61.4 Å². The molecule has 0 saturated heterocycles. The van der Waals surface area contributed by atoms with E-state index in [4.69, 9.17) is 0 Å². The van der Waals surface area contributed by atoms with E-state index in [1.54, 1.807) is 30.3 Å². The maximum Gasteiger partial charge on any atom is 0.185 e. The third-order valence-electron chi connectivity index (χ3n) is 1.01. The van der Waals surface area contributed by atoms with Crippen molar-refractivity contribution >= 4 is 11.4 Å². The smallest absolute Gasteiger partial charge is 0.185 e. The number of benzene rings is 1. The Hall–Kier alpha value is -0.870. The lowest BCUT2D eigenvalue weighted by Crippen LogP contribution is -1.93. The van der Waals surface area contributed by atoms with Crippen LogP contribution in [0, 0.1) is 4.91 Å². The molecule has 0 aromatic heterocycles. The molecular weight excluding hydrogens is 150 g/mol. The van der Waals surface area contributed by atoms with Crippen molar-refractivity contribution in [3.63, 3.8) is 0 Å². The molecule has 3 nitrogen and oxygen atoms in total. The number of rotatable bonds is 2. The van der Waals surface area contributed by atoms with Crippen LogP contribution in [0.4, 0.5) is 0 Å². The van der Waals surface area contributed by atoms with E-state index in [-0.39, 0.29) is 0 Å². The number of hydrogen-bond donors (Lipinski definition) is 0. The van der Waals surface area contributed by atoms with Gasteiger partial charge in [-0.1, -0.05) is 23.1 Å². The van der Waals surface area contributed by atoms with E-state index in [2.05, 4.69) is 4.58 Å². The standard InChI is InChI=1S/C6H5NO2S/c8-7-10(9)6-4-2-1-3-5-6/h1-5H. The van der Waals surface area contributed by atoms with Crippen LogP contribution in [0.3, 0.4) is 0 Å². The number of nitroso groups, excluding NO2 is 1. The molecule has 52 valence electrons. The second-order valence-electron chi connectivity index (χ2n) is 1.64. The maximum atomic E-state index is 10.6. The summed E-state index contributed by atoms with van der Waals surface area (Å²) in [6.45, 7) is 0. The molecule has 1 atom stereocenters. The molecule has 0 aliphatic rings. The van der Waals surface area contributed by atoms with Gasteiger partial charge in [0.05, 0.1) is 0 Å². The zero-order chi connectivity index (χ0) is 7.40. The van der Waals surface area contributed by atoms with Crippen LogP contribution in [0.2, 0.25) is 0 Å². The SMILES string of the molecule is O=N[S+]([O-])c1ccccc1. The fraction of sp³-hybridized carbons (Fsp3) is 0. The van der Waals surface area contributed by atoms with E-state index in [1.165, 1.54) is 0 Å². The van der Waals surface area contributed by atoms with Gasteiger partial charge in [-0.3, -0.25) is 0 Å². The third kappa shape index (κ3) is 1.55. The summed E-state index contributed by atoms with van der Waals surface area (Å²) in [6, 6.07) is 8.39. The van der Waals surface area contributed by atoms with Crippen molar-refractivity contribution in [2.45, 2.75) is 4.90 Å². The summed E-state index contributed by atoms with van der Waals surface area (Å²) in [4.78, 5) is 10.2. The van der Waals surface area contributed by atoms with Gasteiger partial charge < -0.3 is 4.55 Å². The van der Waals surface area contributed by atoms with Crippen LogP contribution < -0.4 is 0 Å². The molecule has 0 radical (unpaired) electrons. The molecule has 0 saturated carbocycles. The first-order valence-corrected chi connectivity index (χ1v) is 3.75. The zero-order valence-electron chi connectivity index (χ0n) is 5.06. The van der Waals surface area contributed by atoms with E-state index in [0.717, 1.165) is 0 Å². The molecule has 0 N–H and O–H groups in total. The molecule has 0 aliphatic carbocycles. The predicted molar refractivity (Wildman–Crippen MR) is 38.6 cm³/mol. The monoisotopic (exact) mass is 155 g/mol. The highest BCUT2D eigenvalue weighted by Gasteiger charge is 2.08. The van der Waals surface area contributed by atoms with Gasteiger partial charge >= 0.3 is 0 Å². The Balaban J connectivity index is 2.84. The predicted octanol–water partition coefficient (Wildman–Crippen LogP) is 1.48. The normalized spacial score (nSPS) is 12.5. The molecule has 0 spiro atoms. The average molecular weight is 155 g/mol. The molecule has 1 unspecified atom stereocenters. The Morgan fingerprint density at radius 1 is 1.30 bits per heavy atom. The van der Waals surface area contributed by atoms with E-state index < -0.39 is 11.4 Å². The lowest BCUT2D eigenvalue weighted by Gasteiger charge is -1.95. The van der Waals surface area contributed by atoms with Gasteiger partial charge in [-0.2, -0.15) is 0 Å². The maximum absolute atomic E-state index is 10.6. The first-order valence-electron chi connectivity index (χ1n) is 2.65. The van der Waals surface area contributed by atoms with Gasteiger partial charge in [0, 0.05) is 0 Å². The van der Waals surface area contributed by atoms with Gasteiger partial charge in [-0.25, -0.2) is 0 Å². The fourth-order valence-electron chi connectivity index (χ4n) is 0.580. The van der Waals surface area contributed by atoms with Crippen LogP contribution in [0.1, 0.15) is 0 Å². The van der Waals surface area contributed by atoms with Crippen LogP contribution in [-0.2, 0) is 11.4 Å². The van der Waals surface area contributed by atoms with Gasteiger partial charge in [0.25, 0.3) is 0 Å². The van der Waals surface area contributed by atoms with E-state index in [1.807, 2.05) is 0 Å². The minimum atomic E-state index is -1.72. The van der Waals surface area contributed by atoms with Gasteiger partial charge in [0.15, 0.2) is 20.8 Å². The van der Waals surface area contributed by atoms with Crippen LogP contribution in [0.25, 0.3) is 0 Å². The number of hydrogen-bond acceptors (Lipinski definition) is 3. The van der Waals surface area contributed by atoms with Crippen molar-refractivity contribution in [2.75, 3.05) is 0 Å². The summed E-state index contributed by atoms with van der Waals surface area (Å²) in [5.74, 6) is 0. The minimum absolute atomic E-state index is 0.442. The Bertz CT molecular complexity index is 214. The van der Waals surface area contributed by atoms with Gasteiger partial charge in [0.2, 0.25) is 0 Å². The lowest BCUT2D eigenvalue weighted by atomic mass is 10.4. The summed E-state index contributed by atoms with van der Waals surface area (Å²) in [6.07, 6.45) is 0. The summed E-state index contributed by atoms with van der Waals surface area (Å²) in [5.41, 5.74) is 0. The van der Waals surface area contributed by atoms with Crippen molar-refractivity contribution in [1.29, 1.82) is 0 Å². The molecule has 1 aromatic carbocycles. The quantitative estimate of drug-likeness (QED) is 0.479. The highest BCUT2D eigenvalue weighted by molar-refractivity contribution is 7.90. The molecule has 0 aliphatic heterocycles. The molecule has 10 heavy (non-hydrogen) atoms. The van der Waals surface area contributed by atoms with Crippen molar-refractivity contribution in [3.05, 3.63) is 35.2 Å². The Morgan fingerprint density at radius 3 is 2.40 bits per heavy atom. The molecule has 0 heterocycles. The molecule has 1 rings (SSSR count). The van der Waals surface area contributed by atoms with Crippen molar-refractivity contribution in [1.82, 2.24) is 0 Å². The molecule has 0 bridgehead atoms. The topological polar surface area (TPSA) is 52.5 Å². The summed E-state index contributed by atoms with van der Waals surface area (Å²) in [5, 5.41) is 0. The molecule has 0 amide bonds. The first kappa shape index (κ1) is 7.24. The fourth-order valence-corrected chi connectivity index (χ4v) is 1.06. The van der Waals surface area contributed by atoms with Crippen LogP contribution in [0.15, 0.2) is 39.8 Å². The Kier molecular flexibility index (Phi) is 2.42. The van der Waals surface area contributed by atoms with Crippen molar-refractivity contribution in [3.8, 4) is 0 Å². The second kappa shape index (κ2) is 3.34. The van der Waals surface area contributed by atoms with E-state index in [0.29, 0.717) is 4.90 Å². The molecular formula is C6H5NO2S. The first-order chi connectivity index (χ1) is 4.84. The highest BCUT2D eigenvalue weighted by atomic mass is 32.2. The van der Waals surface area contributed by atoms with Crippen LogP contribution in [-0.4, -0.2) is 4.55 Å². The molecule has 0 fully saturated rings. The van der Waals surface area contributed by atoms with Gasteiger partial charge in [-0.05, 0) is 12.1 Å². The van der Waals surface area contributed by atoms with Crippen LogP contribution in [0.5, 0.6) is 0 Å². The third-order valence-corrected chi connectivity index (χ3v) is 1.82. The van der Waals surface area contributed by atoms with Gasteiger partial charge in [-0.15, -0.1) is 0 Å². The zero-order valence-corrected chi connectivity index (χ0v) is 5.88. The minimum Gasteiger partial charge on any atom is -0.583 e. The van der Waals surface area contributed by atoms with E-state index >= 15 is 0 Å². The van der Waals surface area contributed by atoms with Crippen LogP contribution >= 0.6 is 0 Å². The largest absolute Gasteiger partial charge is 0.583 e. The molecule has 1 aromatic rings. The summed E-state index contributed by atoms with van der Waals surface area (Å²) >= 11 is -1.72. The summed E-state index contributed by atoms with van der Waals surface area (Å²) < 4.78 is 13.0. The average Bonchev–Trinajstić information content (AvgIpc) is 2.05. The highest BCUT2D eigenvalue weighted by Crippen LogP contribution is 2.09. The van der Waals surface area contributed by atoms with Gasteiger partial charge in [0.1, 0.15) is 0 Å². The lowest BCUT2D eigenvalue weighted by molar-refractivity contribution is 0.596. The van der Waals surface area contributed by atoms with E-state index in [9.17, 15) is 9.46 Å². The molecule has 4 heteroatoms. The number of nitrogens with zero attached hydrogens (tertiary/aromatic N) is 1. The summed E-state index contributed by atoms with van der Waals surface area (Å²) in [7, 11) is 0. The second-order valence-corrected chi connectivity index (χ2v) is 2.76.